The standard InChI is InChI=1S/C23H28N2O3/c26-22(16-15-18-9-3-1-4-10-18)28-21-14-8-7-13-20(21)25-23(27)24-17-19-11-5-2-6-12-19/h1-6,9-12,20-21H,7-8,13-17H2,(H2,24,25,27). The summed E-state index contributed by atoms with van der Waals surface area (Å²) in [6.45, 7) is 0.473. The second-order valence-electron chi connectivity index (χ2n) is 7.22. The molecule has 5 nitrogen and oxygen atoms in total. The Labute approximate surface area is 166 Å². The van der Waals surface area contributed by atoms with Crippen molar-refractivity contribution in [3.8, 4) is 0 Å². The van der Waals surface area contributed by atoms with Gasteiger partial charge in [0, 0.05) is 13.0 Å². The van der Waals surface area contributed by atoms with E-state index < -0.39 is 0 Å². The summed E-state index contributed by atoms with van der Waals surface area (Å²) >= 11 is 0. The molecule has 148 valence electrons. The molecule has 2 amide bonds. The summed E-state index contributed by atoms with van der Waals surface area (Å²) < 4.78 is 5.71. The van der Waals surface area contributed by atoms with Crippen LogP contribution in [0.5, 0.6) is 0 Å². The highest BCUT2D eigenvalue weighted by Gasteiger charge is 2.29. The third kappa shape index (κ3) is 6.41. The number of aryl methyl sites for hydroxylation is 1. The number of rotatable bonds is 7. The van der Waals surface area contributed by atoms with Gasteiger partial charge in [-0.05, 0) is 36.8 Å². The molecule has 2 aromatic rings. The van der Waals surface area contributed by atoms with Crippen molar-refractivity contribution in [1.29, 1.82) is 0 Å². The number of amides is 2. The van der Waals surface area contributed by atoms with Crippen LogP contribution in [-0.2, 0) is 22.5 Å². The molecule has 1 aliphatic rings. The Kier molecular flexibility index (Phi) is 7.47. The zero-order valence-electron chi connectivity index (χ0n) is 16.1. The molecule has 28 heavy (non-hydrogen) atoms. The van der Waals surface area contributed by atoms with Crippen LogP contribution in [0.25, 0.3) is 0 Å². The van der Waals surface area contributed by atoms with Crippen LogP contribution in [0, 0.1) is 0 Å². The first-order chi connectivity index (χ1) is 13.7. The van der Waals surface area contributed by atoms with Gasteiger partial charge in [-0.3, -0.25) is 4.79 Å². The summed E-state index contributed by atoms with van der Waals surface area (Å²) in [5.74, 6) is -0.202. The Morgan fingerprint density at radius 3 is 2.25 bits per heavy atom. The predicted molar refractivity (Wildman–Crippen MR) is 109 cm³/mol. The molecule has 3 rings (SSSR count). The van der Waals surface area contributed by atoms with Gasteiger partial charge in [-0.25, -0.2) is 4.79 Å². The second kappa shape index (κ2) is 10.5. The summed E-state index contributed by atoms with van der Waals surface area (Å²) in [5, 5.41) is 5.87. The maximum absolute atomic E-state index is 12.3. The molecule has 2 unspecified atom stereocenters. The lowest BCUT2D eigenvalue weighted by molar-refractivity contribution is -0.151. The fourth-order valence-corrected chi connectivity index (χ4v) is 3.52. The lowest BCUT2D eigenvalue weighted by Gasteiger charge is -2.31. The van der Waals surface area contributed by atoms with Crippen molar-refractivity contribution in [2.45, 2.75) is 57.2 Å². The number of ether oxygens (including phenoxy) is 1. The van der Waals surface area contributed by atoms with Gasteiger partial charge in [0.1, 0.15) is 6.10 Å². The Bertz CT molecular complexity index is 683. The lowest BCUT2D eigenvalue weighted by Crippen LogP contribution is -2.50. The van der Waals surface area contributed by atoms with Crippen molar-refractivity contribution in [1.82, 2.24) is 10.6 Å². The van der Waals surface area contributed by atoms with Gasteiger partial charge >= 0.3 is 12.0 Å². The highest BCUT2D eigenvalue weighted by Crippen LogP contribution is 2.22. The molecule has 2 atom stereocenters. The van der Waals surface area contributed by atoms with E-state index >= 15 is 0 Å². The molecule has 0 aliphatic heterocycles. The molecule has 2 aromatic carbocycles. The molecule has 0 spiro atoms. The molecule has 0 radical (unpaired) electrons. The first-order valence-corrected chi connectivity index (χ1v) is 10.0. The minimum absolute atomic E-state index is 0.134. The van der Waals surface area contributed by atoms with Crippen LogP contribution in [0.2, 0.25) is 0 Å². The third-order valence-corrected chi connectivity index (χ3v) is 5.06. The number of carbonyl (C=O) groups is 2. The number of carbonyl (C=O) groups excluding carboxylic acids is 2. The first-order valence-electron chi connectivity index (χ1n) is 10.0. The second-order valence-corrected chi connectivity index (χ2v) is 7.22. The van der Waals surface area contributed by atoms with Crippen molar-refractivity contribution < 1.29 is 14.3 Å². The van der Waals surface area contributed by atoms with E-state index in [-0.39, 0.29) is 24.1 Å². The first kappa shape index (κ1) is 19.9. The fourth-order valence-electron chi connectivity index (χ4n) is 3.52. The Hall–Kier alpha value is -2.82. The fraction of sp³-hybridized carbons (Fsp3) is 0.391. The summed E-state index contributed by atoms with van der Waals surface area (Å²) in [5.41, 5.74) is 2.17. The van der Waals surface area contributed by atoms with E-state index in [1.807, 2.05) is 60.7 Å². The maximum atomic E-state index is 12.3. The van der Waals surface area contributed by atoms with Gasteiger partial charge in [-0.15, -0.1) is 0 Å². The van der Waals surface area contributed by atoms with Crippen molar-refractivity contribution in [2.75, 3.05) is 0 Å². The average Bonchev–Trinajstić information content (AvgIpc) is 2.74. The van der Waals surface area contributed by atoms with E-state index in [1.165, 1.54) is 0 Å². The molecular weight excluding hydrogens is 352 g/mol. The molecule has 0 aromatic heterocycles. The monoisotopic (exact) mass is 380 g/mol. The minimum atomic E-state index is -0.250. The van der Waals surface area contributed by atoms with Crippen molar-refractivity contribution in [2.24, 2.45) is 0 Å². The molecule has 1 saturated carbocycles. The number of nitrogens with one attached hydrogen (secondary N) is 2. The van der Waals surface area contributed by atoms with Crippen molar-refractivity contribution in [3.63, 3.8) is 0 Å². The normalized spacial score (nSPS) is 18.9. The smallest absolute Gasteiger partial charge is 0.315 e. The van der Waals surface area contributed by atoms with Crippen LogP contribution >= 0.6 is 0 Å². The van der Waals surface area contributed by atoms with E-state index in [9.17, 15) is 9.59 Å². The van der Waals surface area contributed by atoms with Gasteiger partial charge < -0.3 is 15.4 Å². The average molecular weight is 380 g/mol. The number of benzene rings is 2. The SMILES string of the molecule is O=C(NCc1ccccc1)NC1CCCCC1OC(=O)CCc1ccccc1. The largest absolute Gasteiger partial charge is 0.460 e. The number of esters is 1. The van der Waals surface area contributed by atoms with E-state index in [2.05, 4.69) is 10.6 Å². The van der Waals surface area contributed by atoms with Crippen LogP contribution in [0.15, 0.2) is 60.7 Å². The van der Waals surface area contributed by atoms with Crippen LogP contribution in [-0.4, -0.2) is 24.1 Å². The van der Waals surface area contributed by atoms with Crippen LogP contribution < -0.4 is 10.6 Å². The lowest BCUT2D eigenvalue weighted by atomic mass is 9.92. The van der Waals surface area contributed by atoms with Crippen LogP contribution in [0.1, 0.15) is 43.2 Å². The summed E-state index contributed by atoms with van der Waals surface area (Å²) in [6.07, 6.45) is 4.44. The van der Waals surface area contributed by atoms with Gasteiger partial charge in [-0.1, -0.05) is 67.1 Å². The molecule has 5 heteroatoms. The Balaban J connectivity index is 1.45. The molecule has 0 saturated heterocycles. The van der Waals surface area contributed by atoms with Gasteiger partial charge in [0.05, 0.1) is 6.04 Å². The Morgan fingerprint density at radius 1 is 0.893 bits per heavy atom. The molecule has 0 bridgehead atoms. The van der Waals surface area contributed by atoms with Crippen molar-refractivity contribution in [3.05, 3.63) is 71.8 Å². The highest BCUT2D eigenvalue weighted by molar-refractivity contribution is 5.74. The molecule has 2 N–H and O–H groups in total. The van der Waals surface area contributed by atoms with E-state index in [0.29, 0.717) is 19.4 Å². The Morgan fingerprint density at radius 2 is 1.54 bits per heavy atom. The summed E-state index contributed by atoms with van der Waals surface area (Å²) in [6, 6.07) is 19.3. The van der Waals surface area contributed by atoms with Crippen LogP contribution in [0.4, 0.5) is 4.79 Å². The summed E-state index contributed by atoms with van der Waals surface area (Å²) in [4.78, 5) is 24.5. The predicted octanol–water partition coefficient (Wildman–Crippen LogP) is 3.97. The van der Waals surface area contributed by atoms with E-state index in [1.54, 1.807) is 0 Å². The highest BCUT2D eigenvalue weighted by atomic mass is 16.5. The number of hydrogen-bond acceptors (Lipinski definition) is 3. The van der Waals surface area contributed by atoms with Gasteiger partial charge in [0.2, 0.25) is 0 Å². The molecule has 0 heterocycles. The number of hydrogen-bond donors (Lipinski definition) is 2. The van der Waals surface area contributed by atoms with Crippen LogP contribution in [0.3, 0.4) is 0 Å². The van der Waals surface area contributed by atoms with Gasteiger partial charge in [0.25, 0.3) is 0 Å². The van der Waals surface area contributed by atoms with Crippen molar-refractivity contribution >= 4 is 12.0 Å². The third-order valence-electron chi connectivity index (χ3n) is 5.06. The van der Waals surface area contributed by atoms with Gasteiger partial charge in [-0.2, -0.15) is 0 Å². The molecular formula is C23H28N2O3. The zero-order chi connectivity index (χ0) is 19.6. The van der Waals surface area contributed by atoms with E-state index in [0.717, 1.165) is 36.8 Å². The summed E-state index contributed by atoms with van der Waals surface area (Å²) in [7, 11) is 0. The zero-order valence-corrected chi connectivity index (χ0v) is 16.1. The topological polar surface area (TPSA) is 67.4 Å². The minimum Gasteiger partial charge on any atom is -0.460 e. The number of urea groups is 1. The quantitative estimate of drug-likeness (QED) is 0.714. The maximum Gasteiger partial charge on any atom is 0.315 e. The van der Waals surface area contributed by atoms with Gasteiger partial charge in [0.15, 0.2) is 0 Å². The molecule has 1 aliphatic carbocycles. The van der Waals surface area contributed by atoms with E-state index in [4.69, 9.17) is 4.74 Å². The molecule has 1 fully saturated rings.